The largest absolute Gasteiger partial charge is 0.416 e. The average molecular weight is 466 g/mol. The number of hydrogen-bond donors (Lipinski definition) is 2. The summed E-state index contributed by atoms with van der Waals surface area (Å²) in [4.78, 5) is 26.9. The second kappa shape index (κ2) is 9.01. The van der Waals surface area contributed by atoms with Crippen molar-refractivity contribution in [1.82, 2.24) is 14.5 Å². The van der Waals surface area contributed by atoms with Crippen LogP contribution in [0.2, 0.25) is 0 Å². The minimum atomic E-state index is -3.92. The van der Waals surface area contributed by atoms with E-state index in [-0.39, 0.29) is 29.3 Å². The number of nitrogens with zero attached hydrogens (tertiary/aromatic N) is 2. The van der Waals surface area contributed by atoms with E-state index in [9.17, 15) is 18.0 Å². The van der Waals surface area contributed by atoms with Gasteiger partial charge in [0.15, 0.2) is 5.82 Å². The van der Waals surface area contributed by atoms with E-state index in [2.05, 4.69) is 4.72 Å². The lowest BCUT2D eigenvalue weighted by atomic mass is 10.0. The highest BCUT2D eigenvalue weighted by atomic mass is 32.2. The summed E-state index contributed by atoms with van der Waals surface area (Å²) in [6, 6.07) is 8.11. The fourth-order valence-electron chi connectivity index (χ4n) is 3.03. The van der Waals surface area contributed by atoms with E-state index in [1.807, 2.05) is 4.72 Å². The van der Waals surface area contributed by atoms with Crippen LogP contribution in [0.25, 0.3) is 0 Å². The molecule has 2 aromatic carbocycles. The van der Waals surface area contributed by atoms with Gasteiger partial charge in [-0.25, -0.2) is 18.7 Å². The van der Waals surface area contributed by atoms with Crippen molar-refractivity contribution in [1.29, 1.82) is 0 Å². The van der Waals surface area contributed by atoms with E-state index in [1.54, 1.807) is 19.1 Å². The number of carbonyl (C=O) groups excluding carboxylic acids is 2. The summed E-state index contributed by atoms with van der Waals surface area (Å²) in [6.45, 7) is 1.72. The molecule has 0 saturated heterocycles. The molecule has 0 fully saturated rings. The molecule has 1 atom stereocenters. The molecular formula is C20H23FN4O6S. The number of amides is 2. The Morgan fingerprint density at radius 1 is 1.28 bits per heavy atom. The maximum absolute atomic E-state index is 15.0. The molecule has 0 bridgehead atoms. The van der Waals surface area contributed by atoms with Crippen LogP contribution in [0.15, 0.2) is 36.4 Å². The number of halogens is 1. The summed E-state index contributed by atoms with van der Waals surface area (Å²) in [5.41, 5.74) is 0.494. The predicted molar refractivity (Wildman–Crippen MR) is 114 cm³/mol. The molecule has 172 valence electrons. The second-order valence-corrected chi connectivity index (χ2v) is 8.84. The molecule has 10 nitrogen and oxygen atoms in total. The normalized spacial score (nSPS) is 14.3. The number of nitrogens with one attached hydrogen (secondary N) is 2. The molecule has 0 spiro atoms. The zero-order valence-corrected chi connectivity index (χ0v) is 18.7. The Hall–Kier alpha value is -3.38. The van der Waals surface area contributed by atoms with Crippen LogP contribution in [0.5, 0.6) is 11.5 Å². The maximum atomic E-state index is 15.0. The van der Waals surface area contributed by atoms with Crippen LogP contribution < -0.4 is 18.9 Å². The van der Waals surface area contributed by atoms with Crippen molar-refractivity contribution < 1.29 is 31.9 Å². The molecule has 0 saturated carbocycles. The van der Waals surface area contributed by atoms with Gasteiger partial charge in [0.1, 0.15) is 11.5 Å². The molecule has 12 heteroatoms. The summed E-state index contributed by atoms with van der Waals surface area (Å²) < 4.78 is 53.1. The zero-order valence-electron chi connectivity index (χ0n) is 17.9. The van der Waals surface area contributed by atoms with E-state index in [4.69, 9.17) is 9.47 Å². The van der Waals surface area contributed by atoms with Crippen LogP contribution >= 0.6 is 0 Å². The van der Waals surface area contributed by atoms with Gasteiger partial charge < -0.3 is 14.4 Å². The molecule has 2 aromatic rings. The number of benzene rings is 2. The fraction of sp³-hybridized carbons (Fsp3) is 0.300. The number of anilines is 1. The number of carbonyl (C=O) groups is 2. The number of rotatable bonds is 6. The Morgan fingerprint density at radius 2 is 2.00 bits per heavy atom. The monoisotopic (exact) mass is 466 g/mol. The lowest BCUT2D eigenvalue weighted by Gasteiger charge is -2.33. The van der Waals surface area contributed by atoms with E-state index in [1.165, 1.54) is 55.2 Å². The average Bonchev–Trinajstić information content (AvgIpc) is 2.74. The molecular weight excluding hydrogens is 443 g/mol. The van der Waals surface area contributed by atoms with Crippen molar-refractivity contribution >= 4 is 28.1 Å². The SMILES string of the molecule is CNS(=O)(=O)Nc1cccc([C@H](C)N2Cc3ccc(OC(=O)N(C)C)cc3OC2=O)c1F. The lowest BCUT2D eigenvalue weighted by Crippen LogP contribution is -2.39. The Balaban J connectivity index is 1.84. The number of fused-ring (bicyclic) bond motifs is 1. The fourth-order valence-corrected chi connectivity index (χ4v) is 3.58. The Morgan fingerprint density at radius 3 is 2.66 bits per heavy atom. The van der Waals surface area contributed by atoms with E-state index in [0.29, 0.717) is 5.56 Å². The first-order chi connectivity index (χ1) is 15.0. The number of ether oxygens (including phenoxy) is 2. The van der Waals surface area contributed by atoms with Crippen LogP contribution in [-0.2, 0) is 16.8 Å². The van der Waals surface area contributed by atoms with Crippen LogP contribution in [0.1, 0.15) is 24.1 Å². The first kappa shape index (κ1) is 23.3. The molecule has 32 heavy (non-hydrogen) atoms. The summed E-state index contributed by atoms with van der Waals surface area (Å²) in [5, 5.41) is 0. The minimum Gasteiger partial charge on any atom is -0.410 e. The summed E-state index contributed by atoms with van der Waals surface area (Å²) in [6.07, 6.45) is -1.30. The standard InChI is InChI=1S/C20H23FN4O6S/c1-12(15-6-5-7-16(18(15)21)23-32(28,29)22-2)25-11-13-8-9-14(30-19(26)24(3)4)10-17(13)31-20(25)27/h5-10,12,22-23H,11H2,1-4H3/t12-/m0/s1. The van der Waals surface area contributed by atoms with E-state index < -0.39 is 34.3 Å². The van der Waals surface area contributed by atoms with Gasteiger partial charge in [-0.3, -0.25) is 9.62 Å². The van der Waals surface area contributed by atoms with E-state index >= 15 is 4.39 Å². The van der Waals surface area contributed by atoms with Gasteiger partial charge >= 0.3 is 12.2 Å². The second-order valence-electron chi connectivity index (χ2n) is 7.22. The summed E-state index contributed by atoms with van der Waals surface area (Å²) in [5.74, 6) is -0.353. The van der Waals surface area contributed by atoms with Gasteiger partial charge in [-0.05, 0) is 25.1 Å². The van der Waals surface area contributed by atoms with Crippen molar-refractivity contribution in [2.75, 3.05) is 25.9 Å². The van der Waals surface area contributed by atoms with Crippen LogP contribution in [0.3, 0.4) is 0 Å². The quantitative estimate of drug-likeness (QED) is 0.676. The van der Waals surface area contributed by atoms with Crippen LogP contribution in [0.4, 0.5) is 19.7 Å². The van der Waals surface area contributed by atoms with Crippen molar-refractivity contribution in [3.8, 4) is 11.5 Å². The molecule has 0 unspecified atom stereocenters. The Kier molecular flexibility index (Phi) is 6.55. The molecule has 0 aromatic heterocycles. The van der Waals surface area contributed by atoms with Crippen molar-refractivity contribution in [3.05, 3.63) is 53.3 Å². The third-order valence-corrected chi connectivity index (χ3v) is 5.87. The molecule has 0 radical (unpaired) electrons. The highest BCUT2D eigenvalue weighted by molar-refractivity contribution is 7.90. The molecule has 3 rings (SSSR count). The van der Waals surface area contributed by atoms with Crippen molar-refractivity contribution in [3.63, 3.8) is 0 Å². The van der Waals surface area contributed by atoms with Crippen molar-refractivity contribution in [2.24, 2.45) is 0 Å². The zero-order chi connectivity index (χ0) is 23.6. The van der Waals surface area contributed by atoms with Crippen LogP contribution in [0, 0.1) is 5.82 Å². The molecule has 2 amide bonds. The molecule has 2 N–H and O–H groups in total. The number of hydrogen-bond acceptors (Lipinski definition) is 6. The Labute approximate surface area is 185 Å². The van der Waals surface area contributed by atoms with E-state index in [0.717, 1.165) is 0 Å². The van der Waals surface area contributed by atoms with Gasteiger partial charge in [-0.1, -0.05) is 12.1 Å². The smallest absolute Gasteiger partial charge is 0.410 e. The van der Waals surface area contributed by atoms with Crippen LogP contribution in [-0.4, -0.2) is 51.5 Å². The molecule has 0 aliphatic carbocycles. The molecule has 1 aliphatic heterocycles. The van der Waals surface area contributed by atoms with Gasteiger partial charge in [0, 0.05) is 38.3 Å². The summed E-state index contributed by atoms with van der Waals surface area (Å²) >= 11 is 0. The summed E-state index contributed by atoms with van der Waals surface area (Å²) in [7, 11) is 0.359. The van der Waals surface area contributed by atoms with Gasteiger partial charge in [-0.2, -0.15) is 8.42 Å². The van der Waals surface area contributed by atoms with Crippen molar-refractivity contribution in [2.45, 2.75) is 19.5 Å². The topological polar surface area (TPSA) is 117 Å². The first-order valence-electron chi connectivity index (χ1n) is 9.52. The van der Waals surface area contributed by atoms with Gasteiger partial charge in [0.25, 0.3) is 10.2 Å². The predicted octanol–water partition coefficient (Wildman–Crippen LogP) is 2.84. The van der Waals surface area contributed by atoms with Gasteiger partial charge in [0.2, 0.25) is 0 Å². The molecule has 1 aliphatic rings. The highest BCUT2D eigenvalue weighted by Gasteiger charge is 2.32. The minimum absolute atomic E-state index is 0.109. The Bertz CT molecular complexity index is 1150. The highest BCUT2D eigenvalue weighted by Crippen LogP contribution is 2.35. The maximum Gasteiger partial charge on any atom is 0.416 e. The molecule has 1 heterocycles. The third kappa shape index (κ3) is 4.92. The lowest BCUT2D eigenvalue weighted by molar-refractivity contribution is 0.118. The van der Waals surface area contributed by atoms with Gasteiger partial charge in [-0.15, -0.1) is 0 Å². The van der Waals surface area contributed by atoms with Gasteiger partial charge in [0.05, 0.1) is 18.3 Å². The third-order valence-electron chi connectivity index (χ3n) is 4.84. The first-order valence-corrected chi connectivity index (χ1v) is 11.0.